The van der Waals surface area contributed by atoms with E-state index < -0.39 is 5.56 Å². The molecule has 0 aliphatic heterocycles. The Morgan fingerprint density at radius 1 is 1.25 bits per heavy atom. The topological polar surface area (TPSA) is 71.5 Å². The van der Waals surface area contributed by atoms with Gasteiger partial charge in [-0.25, -0.2) is 0 Å². The Morgan fingerprint density at radius 2 is 2.00 bits per heavy atom. The molecule has 1 aromatic carbocycles. The Kier molecular flexibility index (Phi) is 2.44. The van der Waals surface area contributed by atoms with Gasteiger partial charge in [0.15, 0.2) is 5.75 Å². The lowest BCUT2D eigenvalue weighted by Crippen LogP contribution is -2.09. The summed E-state index contributed by atoms with van der Waals surface area (Å²) in [6.07, 6.45) is 0. The summed E-state index contributed by atoms with van der Waals surface area (Å²) in [7, 11) is 2.86. The molecule has 2 N–H and O–H groups in total. The zero-order valence-corrected chi connectivity index (χ0v) is 8.90. The predicted octanol–water partition coefficient (Wildman–Crippen LogP) is 1.25. The van der Waals surface area contributed by atoms with Crippen molar-refractivity contribution in [2.75, 3.05) is 14.2 Å². The zero-order chi connectivity index (χ0) is 11.7. The Balaban J connectivity index is 2.81. The van der Waals surface area contributed by atoms with Gasteiger partial charge < -0.3 is 19.6 Å². The van der Waals surface area contributed by atoms with E-state index in [0.29, 0.717) is 16.7 Å². The van der Waals surface area contributed by atoms with Crippen molar-refractivity contribution in [3.63, 3.8) is 0 Å². The van der Waals surface area contributed by atoms with Gasteiger partial charge in [0.1, 0.15) is 5.75 Å². The monoisotopic (exact) mass is 221 g/mol. The SMILES string of the molecule is COc1ccc2c(O)c(OC)c(=O)[nH]c2c1. The van der Waals surface area contributed by atoms with Gasteiger partial charge >= 0.3 is 0 Å². The van der Waals surface area contributed by atoms with E-state index in [4.69, 9.17) is 9.47 Å². The van der Waals surface area contributed by atoms with E-state index in [0.717, 1.165) is 0 Å². The van der Waals surface area contributed by atoms with Gasteiger partial charge in [-0.1, -0.05) is 0 Å². The number of aromatic nitrogens is 1. The van der Waals surface area contributed by atoms with E-state index in [1.807, 2.05) is 0 Å². The average Bonchev–Trinajstić information content (AvgIpc) is 2.28. The van der Waals surface area contributed by atoms with Gasteiger partial charge in [0, 0.05) is 11.5 Å². The molecule has 0 spiro atoms. The molecular formula is C11H11NO4. The first-order valence-corrected chi connectivity index (χ1v) is 4.64. The van der Waals surface area contributed by atoms with Crippen molar-refractivity contribution >= 4 is 10.9 Å². The molecule has 5 nitrogen and oxygen atoms in total. The van der Waals surface area contributed by atoms with Crippen LogP contribution in [0.25, 0.3) is 10.9 Å². The summed E-state index contributed by atoms with van der Waals surface area (Å²) in [5.41, 5.74) is 0.0309. The zero-order valence-electron chi connectivity index (χ0n) is 8.90. The minimum absolute atomic E-state index is 0.0855. The molecule has 0 amide bonds. The molecule has 0 aliphatic rings. The molecule has 0 saturated carbocycles. The van der Waals surface area contributed by atoms with Crippen LogP contribution in [0.5, 0.6) is 17.2 Å². The van der Waals surface area contributed by atoms with E-state index in [1.54, 1.807) is 18.2 Å². The molecule has 0 aliphatic carbocycles. The number of hydrogen-bond acceptors (Lipinski definition) is 4. The summed E-state index contributed by atoms with van der Waals surface area (Å²) in [6, 6.07) is 4.98. The average molecular weight is 221 g/mol. The second kappa shape index (κ2) is 3.77. The number of methoxy groups -OCH3 is 2. The number of aromatic amines is 1. The van der Waals surface area contributed by atoms with Crippen LogP contribution in [-0.4, -0.2) is 24.3 Å². The maximum Gasteiger partial charge on any atom is 0.294 e. The Bertz CT molecular complexity index is 588. The Labute approximate surface area is 91.2 Å². The van der Waals surface area contributed by atoms with Crippen molar-refractivity contribution in [2.24, 2.45) is 0 Å². The number of rotatable bonds is 2. The quantitative estimate of drug-likeness (QED) is 0.800. The molecule has 0 atom stereocenters. The van der Waals surface area contributed by atoms with Crippen molar-refractivity contribution in [3.05, 3.63) is 28.6 Å². The van der Waals surface area contributed by atoms with Crippen LogP contribution in [0.1, 0.15) is 0 Å². The van der Waals surface area contributed by atoms with Gasteiger partial charge in [0.2, 0.25) is 5.75 Å². The van der Waals surface area contributed by atoms with E-state index in [9.17, 15) is 9.90 Å². The molecule has 0 bridgehead atoms. The van der Waals surface area contributed by atoms with Crippen LogP contribution in [0.15, 0.2) is 23.0 Å². The summed E-state index contributed by atoms with van der Waals surface area (Å²) in [6.45, 7) is 0. The summed E-state index contributed by atoms with van der Waals surface area (Å²) in [5, 5.41) is 10.3. The standard InChI is InChI=1S/C11H11NO4/c1-15-6-3-4-7-8(5-6)12-11(14)10(16-2)9(7)13/h3-5H,1-2H3,(H2,12,13,14). The lowest BCUT2D eigenvalue weighted by molar-refractivity contribution is 0.371. The number of pyridine rings is 1. The molecule has 0 radical (unpaired) electrons. The highest BCUT2D eigenvalue weighted by Crippen LogP contribution is 2.31. The lowest BCUT2D eigenvalue weighted by Gasteiger charge is -2.07. The number of hydrogen-bond donors (Lipinski definition) is 2. The largest absolute Gasteiger partial charge is 0.504 e. The molecule has 16 heavy (non-hydrogen) atoms. The Morgan fingerprint density at radius 3 is 2.62 bits per heavy atom. The molecule has 0 saturated heterocycles. The number of aromatic hydroxyl groups is 1. The third-order valence-corrected chi connectivity index (χ3v) is 2.36. The van der Waals surface area contributed by atoms with Crippen molar-refractivity contribution in [2.45, 2.75) is 0 Å². The molecule has 0 unspecified atom stereocenters. The number of benzene rings is 1. The van der Waals surface area contributed by atoms with Gasteiger partial charge in [-0.2, -0.15) is 0 Å². The fourth-order valence-corrected chi connectivity index (χ4v) is 1.56. The van der Waals surface area contributed by atoms with E-state index in [-0.39, 0.29) is 11.5 Å². The molecule has 1 aromatic heterocycles. The fraction of sp³-hybridized carbons (Fsp3) is 0.182. The molecular weight excluding hydrogens is 210 g/mol. The van der Waals surface area contributed by atoms with Crippen LogP contribution >= 0.6 is 0 Å². The summed E-state index contributed by atoms with van der Waals surface area (Å²) in [5.74, 6) is 0.356. The molecule has 2 rings (SSSR count). The molecule has 2 aromatic rings. The first-order valence-electron chi connectivity index (χ1n) is 4.64. The van der Waals surface area contributed by atoms with Gasteiger partial charge in [-0.05, 0) is 12.1 Å². The van der Waals surface area contributed by atoms with Crippen LogP contribution in [0.4, 0.5) is 0 Å². The second-order valence-corrected chi connectivity index (χ2v) is 3.25. The molecule has 84 valence electrons. The van der Waals surface area contributed by atoms with Crippen LogP contribution in [0.3, 0.4) is 0 Å². The van der Waals surface area contributed by atoms with Gasteiger partial charge in [0.25, 0.3) is 5.56 Å². The van der Waals surface area contributed by atoms with Crippen LogP contribution < -0.4 is 15.0 Å². The van der Waals surface area contributed by atoms with Gasteiger partial charge in [-0.3, -0.25) is 4.79 Å². The minimum Gasteiger partial charge on any atom is -0.504 e. The highest BCUT2D eigenvalue weighted by Gasteiger charge is 2.12. The molecule has 0 fully saturated rings. The van der Waals surface area contributed by atoms with Crippen molar-refractivity contribution < 1.29 is 14.6 Å². The maximum absolute atomic E-state index is 11.5. The minimum atomic E-state index is -0.472. The summed E-state index contributed by atoms with van der Waals surface area (Å²) in [4.78, 5) is 14.1. The number of nitrogens with one attached hydrogen (secondary N) is 1. The number of H-pyrrole nitrogens is 1. The second-order valence-electron chi connectivity index (χ2n) is 3.25. The van der Waals surface area contributed by atoms with E-state index in [1.165, 1.54) is 14.2 Å². The first kappa shape index (κ1) is 10.4. The highest BCUT2D eigenvalue weighted by atomic mass is 16.5. The van der Waals surface area contributed by atoms with Crippen LogP contribution in [0.2, 0.25) is 0 Å². The van der Waals surface area contributed by atoms with Gasteiger partial charge in [-0.15, -0.1) is 0 Å². The third-order valence-electron chi connectivity index (χ3n) is 2.36. The molecule has 5 heteroatoms. The predicted molar refractivity (Wildman–Crippen MR) is 59.3 cm³/mol. The maximum atomic E-state index is 11.5. The lowest BCUT2D eigenvalue weighted by atomic mass is 10.2. The van der Waals surface area contributed by atoms with Gasteiger partial charge in [0.05, 0.1) is 19.7 Å². The molecule has 1 heterocycles. The van der Waals surface area contributed by atoms with Crippen molar-refractivity contribution in [1.29, 1.82) is 0 Å². The normalized spacial score (nSPS) is 10.4. The van der Waals surface area contributed by atoms with Crippen LogP contribution in [0, 0.1) is 0 Å². The van der Waals surface area contributed by atoms with Crippen molar-refractivity contribution in [1.82, 2.24) is 4.98 Å². The summed E-state index contributed by atoms with van der Waals surface area (Å²) >= 11 is 0. The number of fused-ring (bicyclic) bond motifs is 1. The fourth-order valence-electron chi connectivity index (χ4n) is 1.56. The Hall–Kier alpha value is -2.17. The smallest absolute Gasteiger partial charge is 0.294 e. The van der Waals surface area contributed by atoms with Crippen LogP contribution in [-0.2, 0) is 0 Å². The highest BCUT2D eigenvalue weighted by molar-refractivity contribution is 5.87. The third kappa shape index (κ3) is 1.46. The van der Waals surface area contributed by atoms with Crippen molar-refractivity contribution in [3.8, 4) is 17.2 Å². The van der Waals surface area contributed by atoms with E-state index >= 15 is 0 Å². The van der Waals surface area contributed by atoms with E-state index in [2.05, 4.69) is 4.98 Å². The first-order chi connectivity index (χ1) is 7.67. The summed E-state index contributed by atoms with van der Waals surface area (Å²) < 4.78 is 9.84. The number of ether oxygens (including phenoxy) is 2.